The molecule has 178 valence electrons. The number of amides is 3. The van der Waals surface area contributed by atoms with E-state index >= 15 is 0 Å². The van der Waals surface area contributed by atoms with Gasteiger partial charge in [-0.1, -0.05) is 34.1 Å². The molecule has 0 aromatic heterocycles. The summed E-state index contributed by atoms with van der Waals surface area (Å²) in [5.74, 6) is -3.44. The van der Waals surface area contributed by atoms with Crippen molar-refractivity contribution < 1.29 is 24.3 Å². The molecule has 31 heavy (non-hydrogen) atoms. The lowest BCUT2D eigenvalue weighted by Crippen LogP contribution is -2.55. The van der Waals surface area contributed by atoms with Gasteiger partial charge in [0.25, 0.3) is 0 Å². The fourth-order valence-corrected chi connectivity index (χ4v) is 2.63. The van der Waals surface area contributed by atoms with Crippen LogP contribution in [0.2, 0.25) is 0 Å². The number of aliphatic imine (C=N–C) groups is 1. The van der Waals surface area contributed by atoms with Crippen LogP contribution in [0.1, 0.15) is 47.0 Å². The SMILES string of the molecule is CCC(C)C(NC(=O)CNC(=O)C(NC(=O)C(N)CCCN=C(N)N)C(C)C)C(=O)O. The van der Waals surface area contributed by atoms with Gasteiger partial charge in [0.05, 0.1) is 12.6 Å². The zero-order valence-electron chi connectivity index (χ0n) is 18.7. The molecule has 0 heterocycles. The lowest BCUT2D eigenvalue weighted by atomic mass is 9.99. The summed E-state index contributed by atoms with van der Waals surface area (Å²) in [6.07, 6.45) is 1.38. The molecule has 4 atom stereocenters. The fraction of sp³-hybridized carbons (Fsp3) is 0.737. The topological polar surface area (TPSA) is 215 Å². The molecule has 0 aliphatic carbocycles. The summed E-state index contributed by atoms with van der Waals surface area (Å²) in [4.78, 5) is 52.0. The van der Waals surface area contributed by atoms with Gasteiger partial charge in [0, 0.05) is 6.54 Å². The van der Waals surface area contributed by atoms with Gasteiger partial charge in [-0.2, -0.15) is 0 Å². The van der Waals surface area contributed by atoms with Crippen molar-refractivity contribution in [1.29, 1.82) is 0 Å². The van der Waals surface area contributed by atoms with Crippen LogP contribution < -0.4 is 33.2 Å². The normalized spacial score (nSPS) is 14.6. The first-order valence-corrected chi connectivity index (χ1v) is 10.3. The third-order valence-electron chi connectivity index (χ3n) is 4.77. The molecule has 4 unspecified atom stereocenters. The van der Waals surface area contributed by atoms with Gasteiger partial charge in [-0.15, -0.1) is 0 Å². The summed E-state index contributed by atoms with van der Waals surface area (Å²) >= 11 is 0. The van der Waals surface area contributed by atoms with Gasteiger partial charge in [0.1, 0.15) is 12.1 Å². The van der Waals surface area contributed by atoms with E-state index in [1.807, 2.05) is 6.92 Å². The largest absolute Gasteiger partial charge is 0.480 e. The second kappa shape index (κ2) is 14.2. The second-order valence-corrected chi connectivity index (χ2v) is 7.77. The first-order chi connectivity index (χ1) is 14.4. The Morgan fingerprint density at radius 3 is 2.10 bits per heavy atom. The standard InChI is InChI=1S/C19H37N7O5/c1-5-11(4)15(18(30)31)25-13(27)9-24-17(29)14(10(2)3)26-16(28)12(20)7-6-8-23-19(21)22/h10-12,14-15H,5-9,20H2,1-4H3,(H,24,29)(H,25,27)(H,26,28)(H,30,31)(H4,21,22,23). The monoisotopic (exact) mass is 443 g/mol. The number of carbonyl (C=O) groups excluding carboxylic acids is 3. The number of aliphatic carboxylic acids is 1. The Kier molecular flexibility index (Phi) is 12.9. The van der Waals surface area contributed by atoms with E-state index in [0.29, 0.717) is 25.8 Å². The number of nitrogens with two attached hydrogens (primary N) is 3. The number of carbonyl (C=O) groups is 4. The van der Waals surface area contributed by atoms with E-state index in [2.05, 4.69) is 20.9 Å². The molecule has 0 aliphatic rings. The van der Waals surface area contributed by atoms with Crippen molar-refractivity contribution in [1.82, 2.24) is 16.0 Å². The van der Waals surface area contributed by atoms with Crippen LogP contribution in [0.4, 0.5) is 0 Å². The highest BCUT2D eigenvalue weighted by Crippen LogP contribution is 2.08. The van der Waals surface area contributed by atoms with Crippen molar-refractivity contribution in [3.8, 4) is 0 Å². The number of nitrogens with one attached hydrogen (secondary N) is 3. The highest BCUT2D eigenvalue weighted by atomic mass is 16.4. The minimum Gasteiger partial charge on any atom is -0.480 e. The lowest BCUT2D eigenvalue weighted by Gasteiger charge is -2.24. The molecule has 3 amide bonds. The van der Waals surface area contributed by atoms with Crippen molar-refractivity contribution in [3.63, 3.8) is 0 Å². The number of hydrogen-bond acceptors (Lipinski definition) is 6. The zero-order chi connectivity index (χ0) is 24.1. The molecule has 0 saturated heterocycles. The van der Waals surface area contributed by atoms with Crippen molar-refractivity contribution in [2.45, 2.75) is 65.1 Å². The summed E-state index contributed by atoms with van der Waals surface area (Å²) < 4.78 is 0. The van der Waals surface area contributed by atoms with Gasteiger partial charge in [0.15, 0.2) is 5.96 Å². The molecular weight excluding hydrogens is 406 g/mol. The summed E-state index contributed by atoms with van der Waals surface area (Å²) in [5, 5.41) is 16.7. The van der Waals surface area contributed by atoms with Gasteiger partial charge in [-0.05, 0) is 24.7 Å². The van der Waals surface area contributed by atoms with Gasteiger partial charge in [-0.3, -0.25) is 19.4 Å². The quantitative estimate of drug-likeness (QED) is 0.0924. The van der Waals surface area contributed by atoms with Crippen LogP contribution in [0.25, 0.3) is 0 Å². The van der Waals surface area contributed by atoms with E-state index in [9.17, 15) is 24.3 Å². The Balaban J connectivity index is 4.73. The highest BCUT2D eigenvalue weighted by molar-refractivity contribution is 5.92. The molecule has 0 rings (SSSR count). The number of rotatable bonds is 14. The molecule has 0 saturated carbocycles. The molecule has 0 radical (unpaired) electrons. The van der Waals surface area contributed by atoms with E-state index < -0.39 is 48.4 Å². The third kappa shape index (κ3) is 11.2. The van der Waals surface area contributed by atoms with Crippen LogP contribution in [-0.4, -0.2) is 66.0 Å². The van der Waals surface area contributed by atoms with Gasteiger partial charge < -0.3 is 38.3 Å². The van der Waals surface area contributed by atoms with Crippen LogP contribution in [0, 0.1) is 11.8 Å². The Morgan fingerprint density at radius 1 is 1.00 bits per heavy atom. The molecule has 0 aromatic carbocycles. The molecule has 0 fully saturated rings. The smallest absolute Gasteiger partial charge is 0.326 e. The van der Waals surface area contributed by atoms with Crippen molar-refractivity contribution >= 4 is 29.7 Å². The van der Waals surface area contributed by atoms with Crippen molar-refractivity contribution in [3.05, 3.63) is 0 Å². The minimum atomic E-state index is -1.14. The third-order valence-corrected chi connectivity index (χ3v) is 4.77. The molecule has 12 nitrogen and oxygen atoms in total. The lowest BCUT2D eigenvalue weighted by molar-refractivity contribution is -0.143. The number of carboxylic acids is 1. The molecule has 0 bridgehead atoms. The summed E-state index contributed by atoms with van der Waals surface area (Å²) in [5.41, 5.74) is 16.3. The number of carboxylic acid groups (broad SMARTS) is 1. The van der Waals surface area contributed by atoms with Crippen LogP contribution in [0.3, 0.4) is 0 Å². The fourth-order valence-electron chi connectivity index (χ4n) is 2.63. The average molecular weight is 444 g/mol. The zero-order valence-corrected chi connectivity index (χ0v) is 18.7. The maximum absolute atomic E-state index is 12.5. The van der Waals surface area contributed by atoms with Crippen molar-refractivity contribution in [2.75, 3.05) is 13.1 Å². The van der Waals surface area contributed by atoms with E-state index in [-0.39, 0.29) is 17.8 Å². The Morgan fingerprint density at radius 2 is 1.61 bits per heavy atom. The predicted molar refractivity (Wildman–Crippen MR) is 117 cm³/mol. The van der Waals surface area contributed by atoms with E-state index in [1.165, 1.54) is 0 Å². The Hall–Kier alpha value is -2.89. The Labute approximate surface area is 182 Å². The van der Waals surface area contributed by atoms with Crippen LogP contribution in [0.5, 0.6) is 0 Å². The van der Waals surface area contributed by atoms with E-state index in [1.54, 1.807) is 20.8 Å². The van der Waals surface area contributed by atoms with E-state index in [4.69, 9.17) is 17.2 Å². The maximum atomic E-state index is 12.5. The molecule has 0 spiro atoms. The first kappa shape index (κ1) is 28.1. The van der Waals surface area contributed by atoms with E-state index in [0.717, 1.165) is 0 Å². The number of guanidine groups is 1. The first-order valence-electron chi connectivity index (χ1n) is 10.3. The number of nitrogens with zero attached hydrogens (tertiary/aromatic N) is 1. The summed E-state index contributed by atoms with van der Waals surface area (Å²) in [6.45, 7) is 6.91. The molecule has 12 heteroatoms. The minimum absolute atomic E-state index is 0.0440. The van der Waals surface area contributed by atoms with Crippen LogP contribution >= 0.6 is 0 Å². The molecule has 10 N–H and O–H groups in total. The average Bonchev–Trinajstić information content (AvgIpc) is 2.69. The maximum Gasteiger partial charge on any atom is 0.326 e. The molecular formula is C19H37N7O5. The van der Waals surface area contributed by atoms with Crippen LogP contribution in [-0.2, 0) is 19.2 Å². The summed E-state index contributed by atoms with van der Waals surface area (Å²) in [7, 11) is 0. The second-order valence-electron chi connectivity index (χ2n) is 7.77. The van der Waals surface area contributed by atoms with Gasteiger partial charge >= 0.3 is 5.97 Å². The predicted octanol–water partition coefficient (Wildman–Crippen LogP) is -1.76. The highest BCUT2D eigenvalue weighted by Gasteiger charge is 2.28. The summed E-state index contributed by atoms with van der Waals surface area (Å²) in [6, 6.07) is -2.81. The molecule has 0 aromatic rings. The van der Waals surface area contributed by atoms with Crippen molar-refractivity contribution in [2.24, 2.45) is 34.0 Å². The molecule has 0 aliphatic heterocycles. The Bertz CT molecular complexity index is 650. The van der Waals surface area contributed by atoms with Gasteiger partial charge in [-0.25, -0.2) is 4.79 Å². The van der Waals surface area contributed by atoms with Gasteiger partial charge in [0.2, 0.25) is 17.7 Å². The number of hydrogen-bond donors (Lipinski definition) is 7. The van der Waals surface area contributed by atoms with Crippen LogP contribution in [0.15, 0.2) is 4.99 Å².